The Balaban J connectivity index is 2.83. The second kappa shape index (κ2) is 6.98. The lowest BCUT2D eigenvalue weighted by atomic mass is 10.2. The normalized spacial score (nSPS) is 12.2. The van der Waals surface area contributed by atoms with Crippen LogP contribution in [0.3, 0.4) is 0 Å². The summed E-state index contributed by atoms with van der Waals surface area (Å²) in [5.74, 6) is 0.395. The molecule has 0 heterocycles. The molecule has 0 aliphatic carbocycles. The van der Waals surface area contributed by atoms with Gasteiger partial charge >= 0.3 is 0 Å². The highest BCUT2D eigenvalue weighted by molar-refractivity contribution is 14.1. The minimum absolute atomic E-state index is 0.117. The second-order valence-corrected chi connectivity index (χ2v) is 6.43. The Morgan fingerprint density at radius 1 is 1.56 bits per heavy atom. The van der Waals surface area contributed by atoms with E-state index in [9.17, 15) is 18.7 Å². The Bertz CT molecular complexity index is 484. The summed E-state index contributed by atoms with van der Waals surface area (Å²) >= 11 is 1.70. The van der Waals surface area contributed by atoms with Crippen molar-refractivity contribution in [3.63, 3.8) is 0 Å². The summed E-state index contributed by atoms with van der Waals surface area (Å²) in [4.78, 5) is 10.2. The van der Waals surface area contributed by atoms with E-state index in [1.165, 1.54) is 6.07 Å². The van der Waals surface area contributed by atoms with Gasteiger partial charge in [-0.25, -0.2) is 4.39 Å². The summed E-state index contributed by atoms with van der Waals surface area (Å²) in [6.07, 6.45) is 0. The van der Waals surface area contributed by atoms with E-state index in [0.717, 1.165) is 6.07 Å². The standard InChI is InChI=1S/C10H12FIN2O3S/c1-2-18(17)4-3-13-9-5-7(11)8(12)6-10(9)14(15)16/h5-6,13H,2-4H2,1H3. The summed E-state index contributed by atoms with van der Waals surface area (Å²) in [5, 5.41) is 13.6. The minimum atomic E-state index is -0.955. The van der Waals surface area contributed by atoms with Gasteiger partial charge in [0, 0.05) is 41.0 Å². The number of hydrogen-bond donors (Lipinski definition) is 1. The van der Waals surface area contributed by atoms with Gasteiger partial charge in [-0.05, 0) is 22.6 Å². The van der Waals surface area contributed by atoms with Gasteiger partial charge in [-0.1, -0.05) is 6.92 Å². The van der Waals surface area contributed by atoms with Crippen LogP contribution < -0.4 is 5.32 Å². The fourth-order valence-corrected chi connectivity index (χ4v) is 2.34. The molecular formula is C10H12FIN2O3S. The molecule has 0 saturated heterocycles. The Morgan fingerprint density at radius 2 is 2.22 bits per heavy atom. The first-order chi connectivity index (χ1) is 8.45. The van der Waals surface area contributed by atoms with Crippen molar-refractivity contribution in [1.82, 2.24) is 0 Å². The molecule has 18 heavy (non-hydrogen) atoms. The van der Waals surface area contributed by atoms with Crippen LogP contribution in [0.2, 0.25) is 0 Å². The van der Waals surface area contributed by atoms with Crippen molar-refractivity contribution in [2.45, 2.75) is 6.92 Å². The number of rotatable bonds is 6. The summed E-state index contributed by atoms with van der Waals surface area (Å²) in [5.41, 5.74) is -0.0610. The molecule has 0 fully saturated rings. The lowest BCUT2D eigenvalue weighted by Crippen LogP contribution is -2.13. The maximum absolute atomic E-state index is 13.3. The van der Waals surface area contributed by atoms with Gasteiger partial charge in [-0.3, -0.25) is 14.3 Å². The van der Waals surface area contributed by atoms with E-state index in [1.807, 2.05) is 0 Å². The van der Waals surface area contributed by atoms with Crippen LogP contribution in [0.5, 0.6) is 0 Å². The van der Waals surface area contributed by atoms with Crippen LogP contribution in [0, 0.1) is 19.5 Å². The molecule has 0 amide bonds. The summed E-state index contributed by atoms with van der Waals surface area (Å²) < 4.78 is 24.7. The molecule has 0 radical (unpaired) electrons. The van der Waals surface area contributed by atoms with Crippen LogP contribution >= 0.6 is 22.6 Å². The highest BCUT2D eigenvalue weighted by Crippen LogP contribution is 2.28. The minimum Gasteiger partial charge on any atom is -0.378 e. The fraction of sp³-hybridized carbons (Fsp3) is 0.400. The van der Waals surface area contributed by atoms with Gasteiger partial charge in [0.05, 0.1) is 8.49 Å². The van der Waals surface area contributed by atoms with Crippen LogP contribution in [0.4, 0.5) is 15.8 Å². The maximum atomic E-state index is 13.3. The van der Waals surface area contributed by atoms with Gasteiger partial charge in [0.1, 0.15) is 11.5 Å². The molecule has 100 valence electrons. The Hall–Kier alpha value is -0.770. The third-order valence-corrected chi connectivity index (χ3v) is 4.33. The molecule has 0 aliphatic heterocycles. The quantitative estimate of drug-likeness (QED) is 0.463. The molecule has 1 unspecified atom stereocenters. The van der Waals surface area contributed by atoms with E-state index < -0.39 is 21.5 Å². The summed E-state index contributed by atoms with van der Waals surface area (Å²) in [6, 6.07) is 2.27. The maximum Gasteiger partial charge on any atom is 0.293 e. The molecule has 1 atom stereocenters. The topological polar surface area (TPSA) is 72.2 Å². The highest BCUT2D eigenvalue weighted by Gasteiger charge is 2.17. The summed E-state index contributed by atoms with van der Waals surface area (Å²) in [6.45, 7) is 2.10. The van der Waals surface area contributed by atoms with Gasteiger partial charge in [0.15, 0.2) is 0 Å². The van der Waals surface area contributed by atoms with Crippen molar-refractivity contribution in [3.8, 4) is 0 Å². The molecule has 0 bridgehead atoms. The van der Waals surface area contributed by atoms with Crippen molar-refractivity contribution in [3.05, 3.63) is 31.6 Å². The number of halogens is 2. The van der Waals surface area contributed by atoms with Crippen LogP contribution in [-0.2, 0) is 10.8 Å². The Morgan fingerprint density at radius 3 is 2.78 bits per heavy atom. The fourth-order valence-electron chi connectivity index (χ4n) is 1.27. The Labute approximate surface area is 120 Å². The zero-order chi connectivity index (χ0) is 13.7. The van der Waals surface area contributed by atoms with Gasteiger partial charge < -0.3 is 5.32 Å². The molecule has 5 nitrogen and oxygen atoms in total. The lowest BCUT2D eigenvalue weighted by molar-refractivity contribution is -0.384. The predicted molar refractivity (Wildman–Crippen MR) is 77.8 cm³/mol. The largest absolute Gasteiger partial charge is 0.378 e. The zero-order valence-electron chi connectivity index (χ0n) is 9.61. The number of nitrogens with one attached hydrogen (secondary N) is 1. The SMILES string of the molecule is CCS(=O)CCNc1cc(F)c(I)cc1[N+](=O)[O-]. The molecule has 8 heteroatoms. The highest BCUT2D eigenvalue weighted by atomic mass is 127. The second-order valence-electron chi connectivity index (χ2n) is 3.40. The number of hydrogen-bond acceptors (Lipinski definition) is 4. The van der Waals surface area contributed by atoms with Crippen LogP contribution in [-0.4, -0.2) is 27.2 Å². The number of nitrogens with zero attached hydrogens (tertiary/aromatic N) is 1. The zero-order valence-corrected chi connectivity index (χ0v) is 12.6. The van der Waals surface area contributed by atoms with E-state index in [1.54, 1.807) is 29.5 Å². The molecule has 1 aromatic rings. The average Bonchev–Trinajstić information content (AvgIpc) is 2.32. The molecular weight excluding hydrogens is 374 g/mol. The van der Waals surface area contributed by atoms with E-state index in [0.29, 0.717) is 18.1 Å². The third-order valence-electron chi connectivity index (χ3n) is 2.20. The van der Waals surface area contributed by atoms with Crippen molar-refractivity contribution in [2.75, 3.05) is 23.4 Å². The summed E-state index contributed by atoms with van der Waals surface area (Å²) in [7, 11) is -0.955. The van der Waals surface area contributed by atoms with Crippen molar-refractivity contribution in [2.24, 2.45) is 0 Å². The van der Waals surface area contributed by atoms with Crippen LogP contribution in [0.1, 0.15) is 6.92 Å². The van der Waals surface area contributed by atoms with Gasteiger partial charge in [0.2, 0.25) is 0 Å². The van der Waals surface area contributed by atoms with Gasteiger partial charge in [-0.15, -0.1) is 0 Å². The third kappa shape index (κ3) is 4.16. The smallest absolute Gasteiger partial charge is 0.293 e. The molecule has 0 spiro atoms. The monoisotopic (exact) mass is 386 g/mol. The van der Waals surface area contributed by atoms with Gasteiger partial charge in [-0.2, -0.15) is 0 Å². The first kappa shape index (κ1) is 15.3. The Kier molecular flexibility index (Phi) is 5.93. The number of nitro groups is 1. The first-order valence-electron chi connectivity index (χ1n) is 5.18. The molecule has 0 aromatic heterocycles. The molecule has 0 saturated carbocycles. The van der Waals surface area contributed by atoms with Crippen LogP contribution in [0.25, 0.3) is 0 Å². The number of anilines is 1. The average molecular weight is 386 g/mol. The molecule has 1 N–H and O–H groups in total. The molecule has 1 rings (SSSR count). The molecule has 0 aliphatic rings. The van der Waals surface area contributed by atoms with E-state index in [-0.39, 0.29) is 14.9 Å². The lowest BCUT2D eigenvalue weighted by Gasteiger charge is -2.07. The van der Waals surface area contributed by atoms with Crippen LogP contribution in [0.15, 0.2) is 12.1 Å². The first-order valence-corrected chi connectivity index (χ1v) is 7.74. The van der Waals surface area contributed by atoms with E-state index in [2.05, 4.69) is 5.32 Å². The predicted octanol–water partition coefficient (Wildman–Crippen LogP) is 2.52. The number of benzene rings is 1. The van der Waals surface area contributed by atoms with Crippen molar-refractivity contribution >= 4 is 44.8 Å². The van der Waals surface area contributed by atoms with Gasteiger partial charge in [0.25, 0.3) is 5.69 Å². The van der Waals surface area contributed by atoms with E-state index in [4.69, 9.17) is 0 Å². The van der Waals surface area contributed by atoms with E-state index >= 15 is 0 Å². The van der Waals surface area contributed by atoms with Crippen molar-refractivity contribution in [1.29, 1.82) is 0 Å². The number of nitro benzene ring substituents is 1. The van der Waals surface area contributed by atoms with Crippen molar-refractivity contribution < 1.29 is 13.5 Å². The molecule has 1 aromatic carbocycles.